The quantitative estimate of drug-likeness (QED) is 0.337. The predicted octanol–water partition coefficient (Wildman–Crippen LogP) is 2.76. The molecule has 2 aliphatic rings. The average Bonchev–Trinajstić information content (AvgIpc) is 2.43. The van der Waals surface area contributed by atoms with Crippen LogP contribution in [0.15, 0.2) is 4.99 Å². The second-order valence-electron chi connectivity index (χ2n) is 5.59. The molecule has 2 fully saturated rings. The Morgan fingerprint density at radius 1 is 1.21 bits per heavy atom. The van der Waals surface area contributed by atoms with E-state index in [1.54, 1.807) is 7.05 Å². The van der Waals surface area contributed by atoms with Crippen molar-refractivity contribution in [2.24, 2.45) is 16.8 Å². The third-order valence-corrected chi connectivity index (χ3v) is 4.46. The number of halogens is 1. The second-order valence-corrected chi connectivity index (χ2v) is 5.59. The topological polar surface area (TPSA) is 36.4 Å². The molecule has 3 unspecified atom stereocenters. The molecule has 0 spiro atoms. The van der Waals surface area contributed by atoms with Gasteiger partial charge < -0.3 is 10.6 Å². The van der Waals surface area contributed by atoms with E-state index in [2.05, 4.69) is 21.5 Å². The van der Waals surface area contributed by atoms with Crippen LogP contribution in [0.1, 0.15) is 44.9 Å². The molecule has 0 aromatic carbocycles. The Hall–Kier alpha value is -0.440. The third kappa shape index (κ3) is 4.87. The summed E-state index contributed by atoms with van der Waals surface area (Å²) in [5.74, 6) is 5.38. The van der Waals surface area contributed by atoms with Crippen molar-refractivity contribution in [2.45, 2.75) is 51.0 Å². The zero-order chi connectivity index (χ0) is 12.8. The second kappa shape index (κ2) is 8.68. The van der Waals surface area contributed by atoms with Crippen LogP contribution in [0.3, 0.4) is 0 Å². The van der Waals surface area contributed by atoms with Crippen molar-refractivity contribution in [3.8, 4) is 12.3 Å². The minimum Gasteiger partial charge on any atom is -0.354 e. The smallest absolute Gasteiger partial charge is 0.191 e. The molecule has 0 bridgehead atoms. The standard InChI is InChI=1S/C15H25N3.HI/c1-3-10-17-15(16-2)18-14-9-8-12-6-4-5-7-13(12)11-14;/h1,12-14H,4-11H2,2H3,(H2,16,17,18);1H. The number of terminal acetylenes is 1. The van der Waals surface area contributed by atoms with E-state index in [1.807, 2.05) is 0 Å². The maximum atomic E-state index is 5.26. The number of guanidine groups is 1. The lowest BCUT2D eigenvalue weighted by Crippen LogP contribution is -2.46. The Labute approximate surface area is 134 Å². The van der Waals surface area contributed by atoms with E-state index in [0.717, 1.165) is 17.8 Å². The summed E-state index contributed by atoms with van der Waals surface area (Å²) in [5, 5.41) is 6.66. The molecule has 0 aromatic rings. The fourth-order valence-corrected chi connectivity index (χ4v) is 3.53. The molecule has 2 aliphatic carbocycles. The Balaban J connectivity index is 0.00000180. The average molecular weight is 375 g/mol. The number of rotatable bonds is 2. The van der Waals surface area contributed by atoms with E-state index in [1.165, 1.54) is 44.9 Å². The number of aliphatic imine (C=N–C) groups is 1. The van der Waals surface area contributed by atoms with Crippen LogP contribution in [0.5, 0.6) is 0 Å². The first-order chi connectivity index (χ1) is 8.83. The van der Waals surface area contributed by atoms with Crippen molar-refractivity contribution in [3.05, 3.63) is 0 Å². The van der Waals surface area contributed by atoms with Gasteiger partial charge in [0.2, 0.25) is 0 Å². The van der Waals surface area contributed by atoms with Gasteiger partial charge in [-0.25, -0.2) is 0 Å². The van der Waals surface area contributed by atoms with Crippen LogP contribution in [0.2, 0.25) is 0 Å². The Morgan fingerprint density at radius 2 is 1.95 bits per heavy atom. The SMILES string of the molecule is C#CCNC(=NC)NC1CCC2CCCCC2C1.I. The highest BCUT2D eigenvalue weighted by atomic mass is 127. The highest BCUT2D eigenvalue weighted by molar-refractivity contribution is 14.0. The van der Waals surface area contributed by atoms with Gasteiger partial charge in [-0.05, 0) is 31.1 Å². The summed E-state index contributed by atoms with van der Waals surface area (Å²) in [7, 11) is 1.80. The van der Waals surface area contributed by atoms with Crippen molar-refractivity contribution in [1.82, 2.24) is 10.6 Å². The maximum Gasteiger partial charge on any atom is 0.191 e. The van der Waals surface area contributed by atoms with Gasteiger partial charge in [0, 0.05) is 13.1 Å². The molecule has 3 atom stereocenters. The number of hydrogen-bond donors (Lipinski definition) is 2. The molecule has 0 aromatic heterocycles. The molecule has 19 heavy (non-hydrogen) atoms. The lowest BCUT2D eigenvalue weighted by Gasteiger charge is -2.39. The van der Waals surface area contributed by atoms with Crippen LogP contribution in [-0.2, 0) is 0 Å². The lowest BCUT2D eigenvalue weighted by molar-refractivity contribution is 0.150. The molecule has 2 N–H and O–H groups in total. The van der Waals surface area contributed by atoms with E-state index >= 15 is 0 Å². The van der Waals surface area contributed by atoms with Crippen molar-refractivity contribution in [2.75, 3.05) is 13.6 Å². The molecular formula is C15H26IN3. The van der Waals surface area contributed by atoms with E-state index < -0.39 is 0 Å². The van der Waals surface area contributed by atoms with Gasteiger partial charge in [0.15, 0.2) is 5.96 Å². The summed E-state index contributed by atoms with van der Waals surface area (Å²) in [4.78, 5) is 4.22. The van der Waals surface area contributed by atoms with Gasteiger partial charge in [-0.1, -0.05) is 31.6 Å². The van der Waals surface area contributed by atoms with E-state index in [0.29, 0.717) is 12.6 Å². The highest BCUT2D eigenvalue weighted by Gasteiger charge is 2.32. The Kier molecular flexibility index (Phi) is 7.59. The number of fused-ring (bicyclic) bond motifs is 1. The van der Waals surface area contributed by atoms with Crippen molar-refractivity contribution >= 4 is 29.9 Å². The summed E-state index contributed by atoms with van der Waals surface area (Å²) < 4.78 is 0. The first-order valence-electron chi connectivity index (χ1n) is 7.24. The molecule has 2 rings (SSSR count). The predicted molar refractivity (Wildman–Crippen MR) is 91.8 cm³/mol. The van der Waals surface area contributed by atoms with Crippen LogP contribution < -0.4 is 10.6 Å². The molecular weight excluding hydrogens is 349 g/mol. The summed E-state index contributed by atoms with van der Waals surface area (Å²) >= 11 is 0. The molecule has 0 amide bonds. The fraction of sp³-hybridized carbons (Fsp3) is 0.800. The first-order valence-corrected chi connectivity index (χ1v) is 7.24. The Morgan fingerprint density at radius 3 is 2.63 bits per heavy atom. The normalized spacial score (nSPS) is 30.5. The monoisotopic (exact) mass is 375 g/mol. The van der Waals surface area contributed by atoms with Crippen LogP contribution in [0, 0.1) is 24.2 Å². The zero-order valence-electron chi connectivity index (χ0n) is 11.8. The minimum absolute atomic E-state index is 0. The molecule has 0 heterocycles. The van der Waals surface area contributed by atoms with Crippen LogP contribution in [-0.4, -0.2) is 25.6 Å². The summed E-state index contributed by atoms with van der Waals surface area (Å²) in [6.45, 7) is 0.540. The summed E-state index contributed by atoms with van der Waals surface area (Å²) in [6, 6.07) is 0.577. The first kappa shape index (κ1) is 16.6. The largest absolute Gasteiger partial charge is 0.354 e. The van der Waals surface area contributed by atoms with Crippen LogP contribution in [0.4, 0.5) is 0 Å². The minimum atomic E-state index is 0. The van der Waals surface area contributed by atoms with Gasteiger partial charge in [0.1, 0.15) is 0 Å². The molecule has 108 valence electrons. The van der Waals surface area contributed by atoms with Crippen molar-refractivity contribution in [3.63, 3.8) is 0 Å². The Bertz CT molecular complexity index is 335. The van der Waals surface area contributed by atoms with Crippen LogP contribution >= 0.6 is 24.0 Å². The van der Waals surface area contributed by atoms with Crippen LogP contribution in [0.25, 0.3) is 0 Å². The third-order valence-electron chi connectivity index (χ3n) is 4.46. The number of hydrogen-bond acceptors (Lipinski definition) is 1. The van der Waals surface area contributed by atoms with Gasteiger partial charge in [-0.15, -0.1) is 30.4 Å². The number of nitrogens with zero attached hydrogens (tertiary/aromatic N) is 1. The number of nitrogens with one attached hydrogen (secondary N) is 2. The van der Waals surface area contributed by atoms with Gasteiger partial charge in [0.05, 0.1) is 6.54 Å². The highest BCUT2D eigenvalue weighted by Crippen LogP contribution is 2.40. The van der Waals surface area contributed by atoms with E-state index in [4.69, 9.17) is 6.42 Å². The zero-order valence-corrected chi connectivity index (χ0v) is 14.2. The van der Waals surface area contributed by atoms with E-state index in [9.17, 15) is 0 Å². The maximum absolute atomic E-state index is 5.26. The van der Waals surface area contributed by atoms with E-state index in [-0.39, 0.29) is 24.0 Å². The van der Waals surface area contributed by atoms with Gasteiger partial charge in [-0.2, -0.15) is 0 Å². The molecule has 4 heteroatoms. The van der Waals surface area contributed by atoms with Crippen molar-refractivity contribution < 1.29 is 0 Å². The summed E-state index contributed by atoms with van der Waals surface area (Å²) in [6.07, 6.45) is 15.0. The van der Waals surface area contributed by atoms with Gasteiger partial charge in [-0.3, -0.25) is 4.99 Å². The van der Waals surface area contributed by atoms with Crippen molar-refractivity contribution in [1.29, 1.82) is 0 Å². The molecule has 0 saturated heterocycles. The fourth-order valence-electron chi connectivity index (χ4n) is 3.53. The molecule has 0 radical (unpaired) electrons. The van der Waals surface area contributed by atoms with Gasteiger partial charge >= 0.3 is 0 Å². The summed E-state index contributed by atoms with van der Waals surface area (Å²) in [5.41, 5.74) is 0. The molecule has 3 nitrogen and oxygen atoms in total. The van der Waals surface area contributed by atoms with Gasteiger partial charge in [0.25, 0.3) is 0 Å². The molecule has 0 aliphatic heterocycles. The lowest BCUT2D eigenvalue weighted by atomic mass is 9.69. The molecule has 2 saturated carbocycles.